The minimum atomic E-state index is 0.254. The molecule has 0 bridgehead atoms. The van der Waals surface area contributed by atoms with Crippen molar-refractivity contribution in [3.8, 4) is 0 Å². The molecule has 0 aromatic rings. The van der Waals surface area contributed by atoms with Crippen molar-refractivity contribution >= 4 is 5.91 Å². The number of amides is 1. The molecule has 76 valence electrons. The maximum absolute atomic E-state index is 11.2. The van der Waals surface area contributed by atoms with E-state index in [0.29, 0.717) is 6.54 Å². The van der Waals surface area contributed by atoms with Crippen LogP contribution in [0.15, 0.2) is 0 Å². The van der Waals surface area contributed by atoms with Crippen LogP contribution in [0.2, 0.25) is 0 Å². The van der Waals surface area contributed by atoms with Gasteiger partial charge in [-0.1, -0.05) is 26.7 Å². The largest absolute Gasteiger partial charge is 0.329 e. The Morgan fingerprint density at radius 2 is 2.23 bits per heavy atom. The molecule has 3 nitrogen and oxygen atoms in total. The SMILES string of the molecule is CC(C)CCCCN1CNCC1=O. The van der Waals surface area contributed by atoms with E-state index in [1.165, 1.54) is 12.8 Å². The summed E-state index contributed by atoms with van der Waals surface area (Å²) in [5, 5.41) is 3.05. The average Bonchev–Trinajstić information content (AvgIpc) is 2.45. The van der Waals surface area contributed by atoms with Crippen molar-refractivity contribution in [3.05, 3.63) is 0 Å². The molecule has 0 spiro atoms. The van der Waals surface area contributed by atoms with Gasteiger partial charge >= 0.3 is 0 Å². The van der Waals surface area contributed by atoms with Gasteiger partial charge in [-0.15, -0.1) is 0 Å². The first-order valence-corrected chi connectivity index (χ1v) is 5.18. The third kappa shape index (κ3) is 3.77. The first-order chi connectivity index (χ1) is 6.20. The van der Waals surface area contributed by atoms with E-state index in [9.17, 15) is 4.79 Å². The molecule has 13 heavy (non-hydrogen) atoms. The molecule has 0 unspecified atom stereocenters. The summed E-state index contributed by atoms with van der Waals surface area (Å²) < 4.78 is 0. The Morgan fingerprint density at radius 3 is 2.77 bits per heavy atom. The van der Waals surface area contributed by atoms with Crippen molar-refractivity contribution in [2.75, 3.05) is 19.8 Å². The molecule has 1 aliphatic heterocycles. The van der Waals surface area contributed by atoms with Crippen molar-refractivity contribution in [1.82, 2.24) is 10.2 Å². The maximum Gasteiger partial charge on any atom is 0.237 e. The Hall–Kier alpha value is -0.570. The van der Waals surface area contributed by atoms with Gasteiger partial charge in [-0.3, -0.25) is 10.1 Å². The third-order valence-corrected chi connectivity index (χ3v) is 2.39. The van der Waals surface area contributed by atoms with Crippen LogP contribution >= 0.6 is 0 Å². The van der Waals surface area contributed by atoms with Gasteiger partial charge in [0.1, 0.15) is 0 Å². The zero-order valence-corrected chi connectivity index (χ0v) is 8.68. The molecule has 1 amide bonds. The Bertz CT molecular complexity index is 168. The van der Waals surface area contributed by atoms with Gasteiger partial charge in [0.25, 0.3) is 0 Å². The van der Waals surface area contributed by atoms with Crippen LogP contribution in [-0.2, 0) is 4.79 Å². The van der Waals surface area contributed by atoms with Crippen LogP contribution < -0.4 is 5.32 Å². The number of hydrogen-bond acceptors (Lipinski definition) is 2. The first-order valence-electron chi connectivity index (χ1n) is 5.18. The zero-order valence-electron chi connectivity index (χ0n) is 8.68. The lowest BCUT2D eigenvalue weighted by atomic mass is 10.1. The summed E-state index contributed by atoms with van der Waals surface area (Å²) in [4.78, 5) is 13.1. The van der Waals surface area contributed by atoms with E-state index in [2.05, 4.69) is 19.2 Å². The summed E-state index contributed by atoms with van der Waals surface area (Å²) in [5.74, 6) is 1.04. The number of carbonyl (C=O) groups excluding carboxylic acids is 1. The molecule has 0 aliphatic carbocycles. The second kappa shape index (κ2) is 5.22. The highest BCUT2D eigenvalue weighted by Crippen LogP contribution is 2.07. The standard InChI is InChI=1S/C10H20N2O/c1-9(2)5-3-4-6-12-8-11-7-10(12)13/h9,11H,3-8H2,1-2H3. The Kier molecular flexibility index (Phi) is 4.22. The van der Waals surface area contributed by atoms with Gasteiger partial charge < -0.3 is 4.90 Å². The summed E-state index contributed by atoms with van der Waals surface area (Å²) in [5.41, 5.74) is 0. The lowest BCUT2D eigenvalue weighted by Crippen LogP contribution is -2.27. The van der Waals surface area contributed by atoms with E-state index in [4.69, 9.17) is 0 Å². The fourth-order valence-corrected chi connectivity index (χ4v) is 1.56. The quantitative estimate of drug-likeness (QED) is 0.651. The topological polar surface area (TPSA) is 32.3 Å². The van der Waals surface area contributed by atoms with Gasteiger partial charge in [-0.25, -0.2) is 0 Å². The molecule has 0 aromatic carbocycles. The second-order valence-electron chi connectivity index (χ2n) is 4.13. The van der Waals surface area contributed by atoms with Gasteiger partial charge in [0.05, 0.1) is 13.2 Å². The van der Waals surface area contributed by atoms with Crippen LogP contribution in [0.1, 0.15) is 33.1 Å². The Labute approximate surface area is 80.5 Å². The number of carbonyl (C=O) groups is 1. The van der Waals surface area contributed by atoms with E-state index in [1.807, 2.05) is 4.90 Å². The van der Waals surface area contributed by atoms with E-state index < -0.39 is 0 Å². The maximum atomic E-state index is 11.2. The smallest absolute Gasteiger partial charge is 0.237 e. The number of hydrogen-bond donors (Lipinski definition) is 1. The predicted octanol–water partition coefficient (Wildman–Crippen LogP) is 1.20. The van der Waals surface area contributed by atoms with Gasteiger partial charge in [-0.2, -0.15) is 0 Å². The number of rotatable bonds is 5. The summed E-state index contributed by atoms with van der Waals surface area (Å²) in [6.07, 6.45) is 3.66. The fraction of sp³-hybridized carbons (Fsp3) is 0.900. The molecule has 1 fully saturated rings. The molecule has 0 atom stereocenters. The van der Waals surface area contributed by atoms with E-state index in [1.54, 1.807) is 0 Å². The third-order valence-electron chi connectivity index (χ3n) is 2.39. The van der Waals surface area contributed by atoms with Crippen LogP contribution in [0, 0.1) is 5.92 Å². The summed E-state index contributed by atoms with van der Waals surface area (Å²) in [7, 11) is 0. The molecule has 0 radical (unpaired) electrons. The highest BCUT2D eigenvalue weighted by atomic mass is 16.2. The highest BCUT2D eigenvalue weighted by molar-refractivity contribution is 5.79. The lowest BCUT2D eigenvalue weighted by Gasteiger charge is -2.14. The molecule has 1 aliphatic rings. The molecule has 1 saturated heterocycles. The summed E-state index contributed by atoms with van der Waals surface area (Å²) in [6, 6.07) is 0. The molecular formula is C10H20N2O. The van der Waals surface area contributed by atoms with Gasteiger partial charge in [0.2, 0.25) is 5.91 Å². The van der Waals surface area contributed by atoms with Crippen molar-refractivity contribution in [2.45, 2.75) is 33.1 Å². The van der Waals surface area contributed by atoms with E-state index >= 15 is 0 Å². The monoisotopic (exact) mass is 184 g/mol. The Morgan fingerprint density at radius 1 is 1.46 bits per heavy atom. The first kappa shape index (κ1) is 10.5. The van der Waals surface area contributed by atoms with Crippen molar-refractivity contribution < 1.29 is 4.79 Å². The summed E-state index contributed by atoms with van der Waals surface area (Å²) in [6.45, 7) is 6.69. The zero-order chi connectivity index (χ0) is 9.68. The number of nitrogens with one attached hydrogen (secondary N) is 1. The number of unbranched alkanes of at least 4 members (excludes halogenated alkanes) is 1. The Balaban J connectivity index is 2.02. The van der Waals surface area contributed by atoms with Crippen LogP contribution in [0.5, 0.6) is 0 Å². The molecule has 1 heterocycles. The van der Waals surface area contributed by atoms with Gasteiger partial charge in [-0.05, 0) is 12.3 Å². The molecule has 3 heteroatoms. The lowest BCUT2D eigenvalue weighted by molar-refractivity contribution is -0.126. The molecule has 1 rings (SSSR count). The number of nitrogens with zero attached hydrogens (tertiary/aromatic N) is 1. The van der Waals surface area contributed by atoms with Crippen molar-refractivity contribution in [2.24, 2.45) is 5.92 Å². The van der Waals surface area contributed by atoms with Gasteiger partial charge in [0, 0.05) is 6.54 Å². The minimum Gasteiger partial charge on any atom is -0.329 e. The van der Waals surface area contributed by atoms with Crippen molar-refractivity contribution in [3.63, 3.8) is 0 Å². The van der Waals surface area contributed by atoms with Gasteiger partial charge in [0.15, 0.2) is 0 Å². The van der Waals surface area contributed by atoms with Crippen LogP contribution in [0.25, 0.3) is 0 Å². The average molecular weight is 184 g/mol. The van der Waals surface area contributed by atoms with E-state index in [0.717, 1.165) is 25.6 Å². The van der Waals surface area contributed by atoms with Crippen LogP contribution in [0.3, 0.4) is 0 Å². The molecule has 0 aromatic heterocycles. The predicted molar refractivity (Wildman–Crippen MR) is 53.3 cm³/mol. The minimum absolute atomic E-state index is 0.254. The fourth-order valence-electron chi connectivity index (χ4n) is 1.56. The molecule has 0 saturated carbocycles. The molecule has 1 N–H and O–H groups in total. The molecular weight excluding hydrogens is 164 g/mol. The highest BCUT2D eigenvalue weighted by Gasteiger charge is 2.18. The van der Waals surface area contributed by atoms with Crippen LogP contribution in [-0.4, -0.2) is 30.6 Å². The van der Waals surface area contributed by atoms with Crippen LogP contribution in [0.4, 0.5) is 0 Å². The van der Waals surface area contributed by atoms with Crippen molar-refractivity contribution in [1.29, 1.82) is 0 Å². The summed E-state index contributed by atoms with van der Waals surface area (Å²) >= 11 is 0. The normalized spacial score (nSPS) is 17.5. The second-order valence-corrected chi connectivity index (χ2v) is 4.13. The van der Waals surface area contributed by atoms with E-state index in [-0.39, 0.29) is 5.91 Å².